The van der Waals surface area contributed by atoms with E-state index in [0.717, 1.165) is 19.0 Å². The molecule has 0 unspecified atom stereocenters. The van der Waals surface area contributed by atoms with E-state index in [2.05, 4.69) is 0 Å². The number of carbonyl (C=O) groups excluding carboxylic acids is 1. The number of carbonyl (C=O) groups is 1. The van der Waals surface area contributed by atoms with Gasteiger partial charge in [-0.1, -0.05) is 6.07 Å². The van der Waals surface area contributed by atoms with Crippen molar-refractivity contribution in [3.63, 3.8) is 0 Å². The summed E-state index contributed by atoms with van der Waals surface area (Å²) in [4.78, 5) is 14.1. The third-order valence-corrected chi connectivity index (χ3v) is 2.98. The predicted octanol–water partition coefficient (Wildman–Crippen LogP) is 2.56. The summed E-state index contributed by atoms with van der Waals surface area (Å²) in [5.74, 6) is 0.826. The molecule has 1 aliphatic rings. The third kappa shape index (κ3) is 3.63. The Bertz CT molecular complexity index is 391. The van der Waals surface area contributed by atoms with Crippen LogP contribution in [0.1, 0.15) is 30.1 Å². The van der Waals surface area contributed by atoms with Crippen LogP contribution in [0.15, 0.2) is 24.3 Å². The molecule has 1 aliphatic carbocycles. The Morgan fingerprint density at radius 2 is 2.18 bits per heavy atom. The van der Waals surface area contributed by atoms with E-state index < -0.39 is 0 Å². The molecule has 0 saturated heterocycles. The molecule has 0 atom stereocenters. The van der Waals surface area contributed by atoms with Crippen molar-refractivity contribution < 1.29 is 4.79 Å². The molecule has 17 heavy (non-hydrogen) atoms. The van der Waals surface area contributed by atoms with Gasteiger partial charge in [0, 0.05) is 24.3 Å². The highest BCUT2D eigenvalue weighted by atomic mass is 35.5. The van der Waals surface area contributed by atoms with E-state index in [-0.39, 0.29) is 18.3 Å². The lowest BCUT2D eigenvalue weighted by Gasteiger charge is -2.20. The first kappa shape index (κ1) is 13.8. The Morgan fingerprint density at radius 1 is 1.47 bits per heavy atom. The topological polar surface area (TPSA) is 46.3 Å². The van der Waals surface area contributed by atoms with E-state index >= 15 is 0 Å². The third-order valence-electron chi connectivity index (χ3n) is 2.98. The quantitative estimate of drug-likeness (QED) is 0.840. The number of hydrogen-bond acceptors (Lipinski definition) is 2. The van der Waals surface area contributed by atoms with Crippen LogP contribution in [-0.2, 0) is 0 Å². The van der Waals surface area contributed by atoms with E-state index in [1.807, 2.05) is 24.0 Å². The van der Waals surface area contributed by atoms with Gasteiger partial charge in [0.1, 0.15) is 0 Å². The monoisotopic (exact) mass is 254 g/mol. The van der Waals surface area contributed by atoms with Gasteiger partial charge in [-0.2, -0.15) is 0 Å². The second kappa shape index (κ2) is 5.92. The van der Waals surface area contributed by atoms with Gasteiger partial charge in [-0.3, -0.25) is 4.79 Å². The summed E-state index contributed by atoms with van der Waals surface area (Å²) in [5.41, 5.74) is 7.02. The summed E-state index contributed by atoms with van der Waals surface area (Å²) in [6, 6.07) is 7.20. The Kier molecular flexibility index (Phi) is 4.82. The lowest BCUT2D eigenvalue weighted by Crippen LogP contribution is -2.32. The maximum absolute atomic E-state index is 12.2. The molecule has 0 bridgehead atoms. The minimum absolute atomic E-state index is 0. The average molecular weight is 255 g/mol. The lowest BCUT2D eigenvalue weighted by atomic mass is 10.1. The Labute approximate surface area is 108 Å². The zero-order chi connectivity index (χ0) is 11.5. The van der Waals surface area contributed by atoms with Gasteiger partial charge in [0.25, 0.3) is 5.91 Å². The van der Waals surface area contributed by atoms with E-state index in [4.69, 9.17) is 5.73 Å². The minimum atomic E-state index is 0. The van der Waals surface area contributed by atoms with Gasteiger partial charge < -0.3 is 10.6 Å². The number of nitrogens with zero attached hydrogens (tertiary/aromatic N) is 1. The van der Waals surface area contributed by atoms with Crippen LogP contribution in [0.3, 0.4) is 0 Å². The van der Waals surface area contributed by atoms with Gasteiger partial charge in [-0.25, -0.2) is 0 Å². The maximum atomic E-state index is 12.2. The number of anilines is 1. The molecule has 0 heterocycles. The molecule has 2 N–H and O–H groups in total. The smallest absolute Gasteiger partial charge is 0.253 e. The molecule has 0 radical (unpaired) electrons. The second-order valence-corrected chi connectivity index (χ2v) is 4.41. The molecule has 1 aromatic carbocycles. The van der Waals surface area contributed by atoms with Crippen molar-refractivity contribution in [1.82, 2.24) is 4.90 Å². The van der Waals surface area contributed by atoms with Crippen LogP contribution in [-0.4, -0.2) is 23.9 Å². The maximum Gasteiger partial charge on any atom is 0.253 e. The summed E-state index contributed by atoms with van der Waals surface area (Å²) in [7, 11) is 0. The van der Waals surface area contributed by atoms with E-state index in [0.29, 0.717) is 11.3 Å². The van der Waals surface area contributed by atoms with Crippen LogP contribution in [0.5, 0.6) is 0 Å². The molecule has 0 aromatic heterocycles. The molecule has 0 aliphatic heterocycles. The summed E-state index contributed by atoms with van der Waals surface area (Å²) >= 11 is 0. The summed E-state index contributed by atoms with van der Waals surface area (Å²) in [5, 5.41) is 0. The largest absolute Gasteiger partial charge is 0.399 e. The number of nitrogens with two attached hydrogens (primary N) is 1. The molecular formula is C13H19ClN2O. The fourth-order valence-electron chi connectivity index (χ4n) is 1.82. The fraction of sp³-hybridized carbons (Fsp3) is 0.462. The van der Waals surface area contributed by atoms with Crippen LogP contribution in [0.25, 0.3) is 0 Å². The van der Waals surface area contributed by atoms with E-state index in [9.17, 15) is 4.79 Å². The van der Waals surface area contributed by atoms with Gasteiger partial charge in [-0.15, -0.1) is 12.4 Å². The van der Waals surface area contributed by atoms with Crippen molar-refractivity contribution in [2.75, 3.05) is 18.8 Å². The van der Waals surface area contributed by atoms with E-state index in [1.54, 1.807) is 12.1 Å². The zero-order valence-electron chi connectivity index (χ0n) is 10.1. The molecule has 1 amide bonds. The molecule has 1 aromatic rings. The second-order valence-electron chi connectivity index (χ2n) is 4.41. The van der Waals surface area contributed by atoms with Gasteiger partial charge in [-0.05, 0) is 43.9 Å². The van der Waals surface area contributed by atoms with Crippen molar-refractivity contribution in [2.45, 2.75) is 19.8 Å². The van der Waals surface area contributed by atoms with Gasteiger partial charge in [0.05, 0.1) is 0 Å². The van der Waals surface area contributed by atoms with Crippen LogP contribution < -0.4 is 5.73 Å². The lowest BCUT2D eigenvalue weighted by molar-refractivity contribution is 0.0757. The highest BCUT2D eigenvalue weighted by molar-refractivity contribution is 5.95. The van der Waals surface area contributed by atoms with Crippen molar-refractivity contribution in [3.05, 3.63) is 29.8 Å². The van der Waals surface area contributed by atoms with Crippen LogP contribution in [0.4, 0.5) is 5.69 Å². The number of hydrogen-bond donors (Lipinski definition) is 1. The first-order valence-corrected chi connectivity index (χ1v) is 5.85. The Hall–Kier alpha value is -1.22. The van der Waals surface area contributed by atoms with Crippen LogP contribution in [0, 0.1) is 5.92 Å². The minimum Gasteiger partial charge on any atom is -0.399 e. The number of rotatable bonds is 4. The molecule has 0 spiro atoms. The van der Waals surface area contributed by atoms with Gasteiger partial charge in [0.15, 0.2) is 0 Å². The summed E-state index contributed by atoms with van der Waals surface area (Å²) < 4.78 is 0. The Morgan fingerprint density at radius 3 is 2.71 bits per heavy atom. The van der Waals surface area contributed by atoms with Gasteiger partial charge >= 0.3 is 0 Å². The normalized spacial score (nSPS) is 13.9. The molecule has 94 valence electrons. The van der Waals surface area contributed by atoms with Crippen molar-refractivity contribution in [2.24, 2.45) is 5.92 Å². The number of halogens is 1. The zero-order valence-corrected chi connectivity index (χ0v) is 10.9. The molecule has 3 nitrogen and oxygen atoms in total. The molecule has 2 rings (SSSR count). The molecule has 4 heteroatoms. The highest BCUT2D eigenvalue weighted by Crippen LogP contribution is 2.30. The Balaban J connectivity index is 0.00000144. The first-order chi connectivity index (χ1) is 7.70. The number of nitrogen functional groups attached to an aromatic ring is 1. The van der Waals surface area contributed by atoms with Gasteiger partial charge in [0.2, 0.25) is 0 Å². The summed E-state index contributed by atoms with van der Waals surface area (Å²) in [6.07, 6.45) is 2.53. The van der Waals surface area contributed by atoms with E-state index in [1.165, 1.54) is 12.8 Å². The number of amides is 1. The highest BCUT2D eigenvalue weighted by Gasteiger charge is 2.26. The van der Waals surface area contributed by atoms with Crippen molar-refractivity contribution >= 4 is 24.0 Å². The SMILES string of the molecule is CCN(CC1CC1)C(=O)c1cccc(N)c1.Cl. The standard InChI is InChI=1S/C13H18N2O.ClH/c1-2-15(9-10-6-7-10)13(16)11-4-3-5-12(14)8-11;/h3-5,8,10H,2,6-7,9,14H2,1H3;1H. The predicted molar refractivity (Wildman–Crippen MR) is 72.4 cm³/mol. The van der Waals surface area contributed by atoms with Crippen LogP contribution >= 0.6 is 12.4 Å². The van der Waals surface area contributed by atoms with Crippen molar-refractivity contribution in [1.29, 1.82) is 0 Å². The molecular weight excluding hydrogens is 236 g/mol. The number of benzene rings is 1. The molecule has 1 saturated carbocycles. The van der Waals surface area contributed by atoms with Crippen LogP contribution in [0.2, 0.25) is 0 Å². The fourth-order valence-corrected chi connectivity index (χ4v) is 1.82. The first-order valence-electron chi connectivity index (χ1n) is 5.85. The summed E-state index contributed by atoms with van der Waals surface area (Å²) in [6.45, 7) is 3.68. The average Bonchev–Trinajstić information content (AvgIpc) is 3.09. The van der Waals surface area contributed by atoms with Crippen molar-refractivity contribution in [3.8, 4) is 0 Å². The molecule has 1 fully saturated rings.